The summed E-state index contributed by atoms with van der Waals surface area (Å²) < 4.78 is 43.2. The van der Waals surface area contributed by atoms with Crippen molar-refractivity contribution in [3.8, 4) is 5.75 Å². The first-order valence-electron chi connectivity index (χ1n) is 4.48. The van der Waals surface area contributed by atoms with E-state index in [-0.39, 0.29) is 6.61 Å². The topological polar surface area (TPSA) is 9.23 Å². The molecule has 0 fully saturated rings. The second kappa shape index (κ2) is 6.00. The van der Waals surface area contributed by atoms with Gasteiger partial charge in [0.25, 0.3) is 0 Å². The molecule has 0 radical (unpaired) electrons. The van der Waals surface area contributed by atoms with E-state index in [0.29, 0.717) is 17.3 Å². The van der Waals surface area contributed by atoms with Gasteiger partial charge in [-0.1, -0.05) is 15.9 Å². The molecule has 0 atom stereocenters. The fraction of sp³-hybridized carbons (Fsp3) is 0.400. The van der Waals surface area contributed by atoms with E-state index in [1.165, 1.54) is 0 Å². The normalized spacial score (nSPS) is 10.4. The minimum absolute atomic E-state index is 0.111. The summed E-state index contributed by atoms with van der Waals surface area (Å²) in [6.45, 7) is -0.339. The number of unbranched alkanes of at least 4 members (excludes halogenated alkanes) is 1. The molecular weight excluding hydrogens is 273 g/mol. The smallest absolute Gasteiger partial charge is 0.190 e. The zero-order valence-corrected chi connectivity index (χ0v) is 9.49. The number of halogens is 4. The molecule has 0 saturated carbocycles. The second-order valence-electron chi connectivity index (χ2n) is 2.94. The van der Waals surface area contributed by atoms with Gasteiger partial charge in [-0.15, -0.1) is 0 Å². The van der Waals surface area contributed by atoms with Crippen molar-refractivity contribution in [2.24, 2.45) is 0 Å². The van der Waals surface area contributed by atoms with Crippen molar-refractivity contribution in [1.82, 2.24) is 0 Å². The Balaban J connectivity index is 2.60. The molecule has 0 N–H and O–H groups in total. The molecule has 1 aromatic carbocycles. The van der Waals surface area contributed by atoms with Crippen molar-refractivity contribution in [3.05, 3.63) is 28.2 Å². The van der Waals surface area contributed by atoms with Crippen molar-refractivity contribution in [3.63, 3.8) is 0 Å². The first kappa shape index (κ1) is 12.4. The molecule has 1 aromatic rings. The lowest BCUT2D eigenvalue weighted by Gasteiger charge is -2.07. The number of rotatable bonds is 5. The minimum atomic E-state index is -0.762. The Morgan fingerprint density at radius 1 is 1.13 bits per heavy atom. The van der Waals surface area contributed by atoms with Crippen LogP contribution in [0.25, 0.3) is 0 Å². The number of hydrogen-bond donors (Lipinski definition) is 0. The summed E-state index contributed by atoms with van der Waals surface area (Å²) in [7, 11) is 0. The monoisotopic (exact) mass is 282 g/mol. The highest BCUT2D eigenvalue weighted by Gasteiger charge is 2.11. The average molecular weight is 283 g/mol. The zero-order valence-electron chi connectivity index (χ0n) is 7.90. The first-order chi connectivity index (χ1) is 7.15. The van der Waals surface area contributed by atoms with Crippen LogP contribution in [0.15, 0.2) is 16.6 Å². The lowest BCUT2D eigenvalue weighted by molar-refractivity contribution is 0.270. The standard InChI is InChI=1S/C10H10BrF3O/c11-7-5-8(13)10(9(14)6-7)15-4-2-1-3-12/h5-6H,1-4H2. The molecule has 0 bridgehead atoms. The van der Waals surface area contributed by atoms with Crippen LogP contribution in [0.4, 0.5) is 13.2 Å². The van der Waals surface area contributed by atoms with E-state index in [4.69, 9.17) is 4.74 Å². The fourth-order valence-corrected chi connectivity index (χ4v) is 1.44. The van der Waals surface area contributed by atoms with Crippen LogP contribution in [0.5, 0.6) is 5.75 Å². The van der Waals surface area contributed by atoms with Crippen LogP contribution < -0.4 is 4.74 Å². The highest BCUT2D eigenvalue weighted by molar-refractivity contribution is 9.10. The van der Waals surface area contributed by atoms with Crippen LogP contribution in [0, 0.1) is 11.6 Å². The van der Waals surface area contributed by atoms with Gasteiger partial charge in [0.15, 0.2) is 17.4 Å². The summed E-state index contributed by atoms with van der Waals surface area (Å²) in [6.07, 6.45) is 0.769. The number of ether oxygens (including phenoxy) is 1. The molecule has 0 aromatic heterocycles. The van der Waals surface area contributed by atoms with E-state index >= 15 is 0 Å². The van der Waals surface area contributed by atoms with Crippen LogP contribution in [0.2, 0.25) is 0 Å². The summed E-state index contributed by atoms with van der Waals surface area (Å²) in [5, 5.41) is 0. The Hall–Kier alpha value is -0.710. The second-order valence-corrected chi connectivity index (χ2v) is 3.86. The SMILES string of the molecule is FCCCCOc1c(F)cc(Br)cc1F. The molecule has 1 nitrogen and oxygen atoms in total. The van der Waals surface area contributed by atoms with E-state index < -0.39 is 24.1 Å². The molecule has 5 heteroatoms. The van der Waals surface area contributed by atoms with Gasteiger partial charge in [-0.05, 0) is 25.0 Å². The van der Waals surface area contributed by atoms with Gasteiger partial charge in [0.05, 0.1) is 13.3 Å². The zero-order chi connectivity index (χ0) is 11.3. The van der Waals surface area contributed by atoms with E-state index in [9.17, 15) is 13.2 Å². The van der Waals surface area contributed by atoms with Crippen molar-refractivity contribution < 1.29 is 17.9 Å². The van der Waals surface area contributed by atoms with E-state index in [2.05, 4.69) is 15.9 Å². The van der Waals surface area contributed by atoms with Gasteiger partial charge in [0.1, 0.15) is 0 Å². The molecular formula is C10H10BrF3O. The van der Waals surface area contributed by atoms with Crippen LogP contribution in [0.1, 0.15) is 12.8 Å². The van der Waals surface area contributed by atoms with E-state index in [1.807, 2.05) is 0 Å². The lowest BCUT2D eigenvalue weighted by atomic mass is 10.3. The summed E-state index contributed by atoms with van der Waals surface area (Å²) in [6, 6.07) is 2.24. The molecule has 0 heterocycles. The first-order valence-corrected chi connectivity index (χ1v) is 5.27. The highest BCUT2D eigenvalue weighted by Crippen LogP contribution is 2.25. The summed E-state index contributed by atoms with van der Waals surface area (Å²) in [4.78, 5) is 0. The van der Waals surface area contributed by atoms with Gasteiger partial charge in [-0.2, -0.15) is 0 Å². The van der Waals surface area contributed by atoms with Gasteiger partial charge in [0, 0.05) is 4.47 Å². The van der Waals surface area contributed by atoms with Crippen molar-refractivity contribution >= 4 is 15.9 Å². The van der Waals surface area contributed by atoms with E-state index in [1.54, 1.807) is 0 Å². The maximum absolute atomic E-state index is 13.2. The van der Waals surface area contributed by atoms with Crippen molar-refractivity contribution in [2.45, 2.75) is 12.8 Å². The van der Waals surface area contributed by atoms with Crippen LogP contribution in [-0.2, 0) is 0 Å². The maximum Gasteiger partial charge on any atom is 0.190 e. The van der Waals surface area contributed by atoms with Crippen LogP contribution >= 0.6 is 15.9 Å². The fourth-order valence-electron chi connectivity index (χ4n) is 1.04. The van der Waals surface area contributed by atoms with Gasteiger partial charge in [-0.3, -0.25) is 4.39 Å². The third-order valence-corrected chi connectivity index (χ3v) is 2.20. The average Bonchev–Trinajstić information content (AvgIpc) is 2.15. The third-order valence-electron chi connectivity index (χ3n) is 1.74. The molecule has 0 spiro atoms. The van der Waals surface area contributed by atoms with E-state index in [0.717, 1.165) is 12.1 Å². The van der Waals surface area contributed by atoms with Crippen molar-refractivity contribution in [2.75, 3.05) is 13.3 Å². The molecule has 84 valence electrons. The Labute approximate surface area is 94.4 Å². The molecule has 0 aliphatic heterocycles. The maximum atomic E-state index is 13.2. The predicted molar refractivity (Wildman–Crippen MR) is 54.8 cm³/mol. The van der Waals surface area contributed by atoms with Crippen LogP contribution in [0.3, 0.4) is 0 Å². The largest absolute Gasteiger partial charge is 0.488 e. The Morgan fingerprint density at radius 3 is 2.27 bits per heavy atom. The molecule has 1 rings (SSSR count). The van der Waals surface area contributed by atoms with Gasteiger partial charge in [0.2, 0.25) is 0 Å². The molecule has 0 aliphatic rings. The lowest BCUT2D eigenvalue weighted by Crippen LogP contribution is -2.02. The third kappa shape index (κ3) is 3.74. The van der Waals surface area contributed by atoms with Gasteiger partial charge >= 0.3 is 0 Å². The molecule has 0 aliphatic carbocycles. The number of alkyl halides is 1. The van der Waals surface area contributed by atoms with Gasteiger partial charge < -0.3 is 4.74 Å². The summed E-state index contributed by atoms with van der Waals surface area (Å²) in [5.74, 6) is -1.93. The molecule has 0 unspecified atom stereocenters. The minimum Gasteiger partial charge on any atom is -0.488 e. The quantitative estimate of drug-likeness (QED) is 0.746. The van der Waals surface area contributed by atoms with Gasteiger partial charge in [-0.25, -0.2) is 8.78 Å². The Morgan fingerprint density at radius 2 is 1.73 bits per heavy atom. The number of benzene rings is 1. The summed E-state index contributed by atoms with van der Waals surface area (Å²) in [5.41, 5.74) is 0. The summed E-state index contributed by atoms with van der Waals surface area (Å²) >= 11 is 2.96. The number of hydrogen-bond acceptors (Lipinski definition) is 1. The van der Waals surface area contributed by atoms with Crippen LogP contribution in [-0.4, -0.2) is 13.3 Å². The predicted octanol–water partition coefficient (Wildman–Crippen LogP) is 3.86. The Bertz CT molecular complexity index is 307. The highest BCUT2D eigenvalue weighted by atomic mass is 79.9. The molecule has 15 heavy (non-hydrogen) atoms. The van der Waals surface area contributed by atoms with Crippen molar-refractivity contribution in [1.29, 1.82) is 0 Å². The Kier molecular flexibility index (Phi) is 4.94. The molecule has 0 amide bonds. The molecule has 0 saturated heterocycles.